The number of carbonyl (C=O) groups is 2. The smallest absolute Gasteiger partial charge is 0.251 e. The van der Waals surface area contributed by atoms with Crippen LogP contribution in [-0.2, 0) is 11.2 Å². The number of para-hydroxylation sites is 1. The van der Waals surface area contributed by atoms with E-state index < -0.39 is 6.04 Å². The maximum atomic E-state index is 12.8. The van der Waals surface area contributed by atoms with E-state index in [0.29, 0.717) is 18.5 Å². The number of hydrogen-bond donors (Lipinski definition) is 2. The minimum Gasteiger partial charge on any atom is -0.354 e. The van der Waals surface area contributed by atoms with Crippen LogP contribution in [0.25, 0.3) is 5.69 Å². The van der Waals surface area contributed by atoms with Gasteiger partial charge in [0.15, 0.2) is 0 Å². The normalized spacial score (nSPS) is 12.7. The third-order valence-corrected chi connectivity index (χ3v) is 5.16. The molecule has 156 valence electrons. The molecule has 30 heavy (non-hydrogen) atoms. The number of carbonyl (C=O) groups excluding carboxylic acids is 2. The lowest BCUT2D eigenvalue weighted by Crippen LogP contribution is -2.50. The molecule has 0 aliphatic heterocycles. The minimum absolute atomic E-state index is 0.0231. The van der Waals surface area contributed by atoms with Crippen LogP contribution < -0.4 is 10.6 Å². The Balaban J connectivity index is 1.56. The molecule has 0 spiro atoms. The Morgan fingerprint density at radius 3 is 2.33 bits per heavy atom. The van der Waals surface area contributed by atoms with Crippen LogP contribution >= 0.6 is 0 Å². The van der Waals surface area contributed by atoms with Crippen molar-refractivity contribution in [2.24, 2.45) is 5.92 Å². The summed E-state index contributed by atoms with van der Waals surface area (Å²) in [4.78, 5) is 25.3. The van der Waals surface area contributed by atoms with Crippen LogP contribution in [0.2, 0.25) is 0 Å². The molecular formula is C24H28N4O2. The molecule has 1 aromatic heterocycles. The van der Waals surface area contributed by atoms with Crippen LogP contribution in [0.4, 0.5) is 0 Å². The van der Waals surface area contributed by atoms with Crippen molar-refractivity contribution in [3.8, 4) is 5.69 Å². The highest BCUT2D eigenvalue weighted by Crippen LogP contribution is 2.10. The van der Waals surface area contributed by atoms with Crippen molar-refractivity contribution in [1.29, 1.82) is 0 Å². The number of hydrogen-bond acceptors (Lipinski definition) is 3. The first kappa shape index (κ1) is 21.3. The molecule has 3 aromatic rings. The van der Waals surface area contributed by atoms with Crippen molar-refractivity contribution >= 4 is 11.8 Å². The van der Waals surface area contributed by atoms with E-state index in [1.54, 1.807) is 12.1 Å². The van der Waals surface area contributed by atoms with Crippen LogP contribution in [0.5, 0.6) is 0 Å². The predicted octanol–water partition coefficient (Wildman–Crippen LogP) is 3.38. The van der Waals surface area contributed by atoms with Gasteiger partial charge in [-0.25, -0.2) is 4.68 Å². The average molecular weight is 405 g/mol. The minimum atomic E-state index is -0.579. The first-order valence-electron chi connectivity index (χ1n) is 10.3. The van der Waals surface area contributed by atoms with E-state index in [2.05, 4.69) is 15.7 Å². The van der Waals surface area contributed by atoms with Gasteiger partial charge >= 0.3 is 0 Å². The van der Waals surface area contributed by atoms with Gasteiger partial charge in [0.25, 0.3) is 5.91 Å². The lowest BCUT2D eigenvalue weighted by molar-refractivity contribution is -0.124. The average Bonchev–Trinajstić information content (AvgIpc) is 3.27. The van der Waals surface area contributed by atoms with Gasteiger partial charge in [-0.1, -0.05) is 56.7 Å². The SMILES string of the molecule is CCC(C)C(NC(=O)c1ccccc1)C(=O)NCCc1ccn(-c2ccccc2)n1. The molecule has 6 nitrogen and oxygen atoms in total. The number of amides is 2. The van der Waals surface area contributed by atoms with Gasteiger partial charge in [-0.15, -0.1) is 0 Å². The number of aromatic nitrogens is 2. The monoisotopic (exact) mass is 404 g/mol. The van der Waals surface area contributed by atoms with E-state index in [4.69, 9.17) is 0 Å². The van der Waals surface area contributed by atoms with Gasteiger partial charge in [-0.2, -0.15) is 5.10 Å². The Hall–Kier alpha value is -3.41. The van der Waals surface area contributed by atoms with E-state index in [1.165, 1.54) is 0 Å². The van der Waals surface area contributed by atoms with E-state index >= 15 is 0 Å². The zero-order valence-corrected chi connectivity index (χ0v) is 17.4. The molecule has 2 amide bonds. The summed E-state index contributed by atoms with van der Waals surface area (Å²) >= 11 is 0. The molecular weight excluding hydrogens is 376 g/mol. The largest absolute Gasteiger partial charge is 0.354 e. The van der Waals surface area contributed by atoms with Crippen molar-refractivity contribution < 1.29 is 9.59 Å². The summed E-state index contributed by atoms with van der Waals surface area (Å²) in [6.07, 6.45) is 3.31. The van der Waals surface area contributed by atoms with E-state index in [1.807, 2.05) is 79.3 Å². The van der Waals surface area contributed by atoms with E-state index in [9.17, 15) is 9.59 Å². The van der Waals surface area contributed by atoms with Crippen LogP contribution in [0.1, 0.15) is 36.3 Å². The Morgan fingerprint density at radius 2 is 1.67 bits per heavy atom. The fourth-order valence-electron chi connectivity index (χ4n) is 3.16. The molecule has 6 heteroatoms. The maximum absolute atomic E-state index is 12.8. The zero-order valence-electron chi connectivity index (χ0n) is 17.4. The molecule has 0 aliphatic rings. The summed E-state index contributed by atoms with van der Waals surface area (Å²) < 4.78 is 1.82. The topological polar surface area (TPSA) is 76.0 Å². The summed E-state index contributed by atoms with van der Waals surface area (Å²) in [5.74, 6) is -0.385. The Labute approximate surface area is 177 Å². The second kappa shape index (κ2) is 10.4. The summed E-state index contributed by atoms with van der Waals surface area (Å²) in [6, 6.07) is 20.2. The van der Waals surface area contributed by atoms with Crippen LogP contribution in [0, 0.1) is 5.92 Å². The van der Waals surface area contributed by atoms with Gasteiger partial charge in [-0.05, 0) is 36.2 Å². The van der Waals surface area contributed by atoms with Gasteiger partial charge in [0.2, 0.25) is 5.91 Å². The van der Waals surface area contributed by atoms with Gasteiger partial charge in [0.1, 0.15) is 6.04 Å². The first-order chi connectivity index (χ1) is 14.6. The molecule has 0 fully saturated rings. The highest BCUT2D eigenvalue weighted by molar-refractivity contribution is 5.97. The number of benzene rings is 2. The number of nitrogens with zero attached hydrogens (tertiary/aromatic N) is 2. The van der Waals surface area contributed by atoms with Crippen LogP contribution in [-0.4, -0.2) is 34.2 Å². The Kier molecular flexibility index (Phi) is 7.38. The summed E-state index contributed by atoms with van der Waals surface area (Å²) in [7, 11) is 0. The second-order valence-electron chi connectivity index (χ2n) is 7.33. The molecule has 2 atom stereocenters. The van der Waals surface area contributed by atoms with E-state index in [0.717, 1.165) is 17.8 Å². The van der Waals surface area contributed by atoms with Gasteiger partial charge in [0, 0.05) is 24.7 Å². The maximum Gasteiger partial charge on any atom is 0.251 e. The third-order valence-electron chi connectivity index (χ3n) is 5.16. The van der Waals surface area contributed by atoms with Crippen molar-refractivity contribution in [3.63, 3.8) is 0 Å². The van der Waals surface area contributed by atoms with Crippen LogP contribution in [0.3, 0.4) is 0 Å². The highest BCUT2D eigenvalue weighted by Gasteiger charge is 2.26. The summed E-state index contributed by atoms with van der Waals surface area (Å²) in [5, 5.41) is 10.4. The van der Waals surface area contributed by atoms with Crippen molar-refractivity contribution in [3.05, 3.63) is 84.2 Å². The molecule has 0 radical (unpaired) electrons. The standard InChI is InChI=1S/C24H28N4O2/c1-3-18(2)22(26-23(29)19-10-6-4-7-11-19)24(30)25-16-14-20-15-17-28(27-20)21-12-8-5-9-13-21/h4-13,15,17-18,22H,3,14,16H2,1-2H3,(H,25,30)(H,26,29). The van der Waals surface area contributed by atoms with Crippen LogP contribution in [0.15, 0.2) is 72.9 Å². The lowest BCUT2D eigenvalue weighted by atomic mass is 9.97. The van der Waals surface area contributed by atoms with Crippen molar-refractivity contribution in [2.45, 2.75) is 32.7 Å². The zero-order chi connectivity index (χ0) is 21.3. The molecule has 1 heterocycles. The van der Waals surface area contributed by atoms with Crippen molar-refractivity contribution in [2.75, 3.05) is 6.54 Å². The Bertz CT molecular complexity index is 954. The first-order valence-corrected chi connectivity index (χ1v) is 10.3. The lowest BCUT2D eigenvalue weighted by Gasteiger charge is -2.23. The number of nitrogens with one attached hydrogen (secondary N) is 2. The quantitative estimate of drug-likeness (QED) is 0.574. The molecule has 2 N–H and O–H groups in total. The van der Waals surface area contributed by atoms with Gasteiger partial charge in [0.05, 0.1) is 11.4 Å². The molecule has 3 rings (SSSR count). The molecule has 0 aliphatic carbocycles. The van der Waals surface area contributed by atoms with Gasteiger partial charge in [-0.3, -0.25) is 9.59 Å². The molecule has 0 saturated heterocycles. The molecule has 2 unspecified atom stereocenters. The molecule has 0 saturated carbocycles. The fourth-order valence-corrected chi connectivity index (χ4v) is 3.16. The highest BCUT2D eigenvalue weighted by atomic mass is 16.2. The summed E-state index contributed by atoms with van der Waals surface area (Å²) in [5.41, 5.74) is 2.44. The summed E-state index contributed by atoms with van der Waals surface area (Å²) in [6.45, 7) is 4.44. The fraction of sp³-hybridized carbons (Fsp3) is 0.292. The second-order valence-corrected chi connectivity index (χ2v) is 7.33. The number of rotatable bonds is 9. The van der Waals surface area contributed by atoms with Crippen molar-refractivity contribution in [1.82, 2.24) is 20.4 Å². The molecule has 0 bridgehead atoms. The third kappa shape index (κ3) is 5.56. The predicted molar refractivity (Wildman–Crippen MR) is 117 cm³/mol. The van der Waals surface area contributed by atoms with E-state index in [-0.39, 0.29) is 17.7 Å². The molecule has 2 aromatic carbocycles. The van der Waals surface area contributed by atoms with Gasteiger partial charge < -0.3 is 10.6 Å². The Morgan fingerprint density at radius 1 is 1.00 bits per heavy atom.